The Morgan fingerprint density at radius 1 is 0.762 bits per heavy atom. The van der Waals surface area contributed by atoms with Crippen LogP contribution in [0.5, 0.6) is 0 Å². The minimum atomic E-state index is 0.211. The Labute approximate surface area is 134 Å². The van der Waals surface area contributed by atoms with Gasteiger partial charge < -0.3 is 5.32 Å². The zero-order valence-corrected chi connectivity index (χ0v) is 15.5. The highest BCUT2D eigenvalue weighted by molar-refractivity contribution is 5.13. The van der Waals surface area contributed by atoms with Gasteiger partial charge in [0.05, 0.1) is 0 Å². The first kappa shape index (κ1) is 18.6. The maximum Gasteiger partial charge on any atom is 0.0258 e. The third-order valence-electron chi connectivity index (χ3n) is 4.35. The molecule has 0 radical (unpaired) electrons. The van der Waals surface area contributed by atoms with Crippen LogP contribution in [-0.4, -0.2) is 6.04 Å². The van der Waals surface area contributed by atoms with Crippen molar-refractivity contribution in [2.45, 2.75) is 105 Å². The highest BCUT2D eigenvalue weighted by atomic mass is 14.9. The molecule has 0 aromatic heterocycles. The molecule has 0 unspecified atom stereocenters. The van der Waals surface area contributed by atoms with Gasteiger partial charge in [0.25, 0.3) is 0 Å². The predicted octanol–water partition coefficient (Wildman–Crippen LogP) is 6.45. The van der Waals surface area contributed by atoms with Gasteiger partial charge in [-0.25, -0.2) is 0 Å². The molecule has 1 rings (SSSR count). The number of hydrogen-bond donors (Lipinski definition) is 1. The molecule has 1 aliphatic carbocycles. The van der Waals surface area contributed by atoms with Crippen molar-refractivity contribution in [3.63, 3.8) is 0 Å². The van der Waals surface area contributed by atoms with E-state index in [1.807, 2.05) is 0 Å². The van der Waals surface area contributed by atoms with Crippen molar-refractivity contribution < 1.29 is 0 Å². The van der Waals surface area contributed by atoms with E-state index in [4.69, 9.17) is 0 Å². The summed E-state index contributed by atoms with van der Waals surface area (Å²) < 4.78 is 0. The van der Waals surface area contributed by atoms with E-state index in [9.17, 15) is 0 Å². The topological polar surface area (TPSA) is 12.0 Å². The highest BCUT2D eigenvalue weighted by Gasteiger charge is 2.22. The molecular formula is C20H39N. The summed E-state index contributed by atoms with van der Waals surface area (Å²) in [6.45, 7) is 13.9. The minimum Gasteiger partial charge on any atom is -0.385 e. The molecule has 0 aromatic rings. The lowest BCUT2D eigenvalue weighted by molar-refractivity contribution is 0.367. The molecule has 0 bridgehead atoms. The van der Waals surface area contributed by atoms with Gasteiger partial charge in [-0.15, -0.1) is 0 Å². The molecule has 0 saturated heterocycles. The Kier molecular flexibility index (Phi) is 7.30. The SMILES string of the molecule is CC(C)(C)/C=C(/NC1CCCCCCCCC1)C(C)(C)C. The molecule has 0 amide bonds. The van der Waals surface area contributed by atoms with E-state index in [1.54, 1.807) is 0 Å². The molecule has 1 heteroatoms. The molecule has 1 nitrogen and oxygen atoms in total. The van der Waals surface area contributed by atoms with Gasteiger partial charge in [0, 0.05) is 17.2 Å². The fourth-order valence-corrected chi connectivity index (χ4v) is 3.08. The summed E-state index contributed by atoms with van der Waals surface area (Å²) in [6, 6.07) is 0.677. The van der Waals surface area contributed by atoms with Crippen molar-refractivity contribution in [3.05, 3.63) is 11.8 Å². The van der Waals surface area contributed by atoms with Crippen LogP contribution in [0.2, 0.25) is 0 Å². The zero-order chi connectivity index (χ0) is 15.9. The van der Waals surface area contributed by atoms with Crippen LogP contribution in [0.25, 0.3) is 0 Å². The van der Waals surface area contributed by atoms with Gasteiger partial charge in [-0.05, 0) is 18.3 Å². The van der Waals surface area contributed by atoms with Crippen molar-refractivity contribution in [2.24, 2.45) is 10.8 Å². The van der Waals surface area contributed by atoms with Crippen LogP contribution in [0.3, 0.4) is 0 Å². The molecule has 21 heavy (non-hydrogen) atoms. The van der Waals surface area contributed by atoms with Crippen LogP contribution in [-0.2, 0) is 0 Å². The fourth-order valence-electron chi connectivity index (χ4n) is 3.08. The van der Waals surface area contributed by atoms with Crippen molar-refractivity contribution in [2.75, 3.05) is 0 Å². The Hall–Kier alpha value is -0.460. The standard InChI is InChI=1S/C20H39N/c1-19(2,3)16-18(20(4,5)6)21-17-14-12-10-8-7-9-11-13-15-17/h16-17,21H,7-15H2,1-6H3/b18-16+. The zero-order valence-electron chi connectivity index (χ0n) is 15.5. The average Bonchev–Trinajstić information content (AvgIpc) is 2.33. The van der Waals surface area contributed by atoms with Gasteiger partial charge in [0.1, 0.15) is 0 Å². The maximum absolute atomic E-state index is 3.93. The molecular weight excluding hydrogens is 254 g/mol. The molecule has 0 spiro atoms. The van der Waals surface area contributed by atoms with Crippen LogP contribution >= 0.6 is 0 Å². The first-order valence-electron chi connectivity index (χ1n) is 9.18. The first-order valence-corrected chi connectivity index (χ1v) is 9.18. The van der Waals surface area contributed by atoms with Crippen molar-refractivity contribution >= 4 is 0 Å². The Balaban J connectivity index is 2.72. The Morgan fingerprint density at radius 3 is 1.57 bits per heavy atom. The summed E-state index contributed by atoms with van der Waals surface area (Å²) in [5.74, 6) is 0. The summed E-state index contributed by atoms with van der Waals surface area (Å²) in [6.07, 6.45) is 15.1. The molecule has 124 valence electrons. The van der Waals surface area contributed by atoms with E-state index in [1.165, 1.54) is 63.5 Å². The van der Waals surface area contributed by atoms with Gasteiger partial charge in [0.15, 0.2) is 0 Å². The number of rotatable bonds is 2. The van der Waals surface area contributed by atoms with Gasteiger partial charge in [0.2, 0.25) is 0 Å². The molecule has 0 atom stereocenters. The lowest BCUT2D eigenvalue weighted by Crippen LogP contribution is -2.35. The second kappa shape index (κ2) is 8.25. The Bertz CT molecular complexity index is 304. The van der Waals surface area contributed by atoms with E-state index < -0.39 is 0 Å². The van der Waals surface area contributed by atoms with Crippen LogP contribution in [0.15, 0.2) is 11.8 Å². The predicted molar refractivity (Wildman–Crippen MR) is 95.5 cm³/mol. The molecule has 1 aliphatic rings. The maximum atomic E-state index is 3.93. The molecule has 0 aliphatic heterocycles. The van der Waals surface area contributed by atoms with E-state index >= 15 is 0 Å². The molecule has 0 heterocycles. The van der Waals surface area contributed by atoms with Crippen LogP contribution < -0.4 is 5.32 Å². The average molecular weight is 294 g/mol. The lowest BCUT2D eigenvalue weighted by Gasteiger charge is -2.32. The largest absolute Gasteiger partial charge is 0.385 e. The van der Waals surface area contributed by atoms with Crippen molar-refractivity contribution in [1.29, 1.82) is 0 Å². The quantitative estimate of drug-likeness (QED) is 0.617. The van der Waals surface area contributed by atoms with Gasteiger partial charge >= 0.3 is 0 Å². The van der Waals surface area contributed by atoms with Crippen LogP contribution in [0.4, 0.5) is 0 Å². The van der Waals surface area contributed by atoms with Crippen LogP contribution in [0.1, 0.15) is 99.3 Å². The van der Waals surface area contributed by atoms with Crippen LogP contribution in [0, 0.1) is 10.8 Å². The summed E-state index contributed by atoms with van der Waals surface area (Å²) in [5, 5.41) is 3.93. The summed E-state index contributed by atoms with van der Waals surface area (Å²) in [5.41, 5.74) is 1.89. The minimum absolute atomic E-state index is 0.211. The number of hydrogen-bond acceptors (Lipinski definition) is 1. The normalized spacial score (nSPS) is 21.1. The van der Waals surface area contributed by atoms with E-state index in [2.05, 4.69) is 52.9 Å². The van der Waals surface area contributed by atoms with E-state index in [0.717, 1.165) is 0 Å². The van der Waals surface area contributed by atoms with Crippen molar-refractivity contribution in [3.8, 4) is 0 Å². The van der Waals surface area contributed by atoms with Gasteiger partial charge in [-0.3, -0.25) is 0 Å². The summed E-state index contributed by atoms with van der Waals surface area (Å²) >= 11 is 0. The second-order valence-electron chi connectivity index (χ2n) is 9.07. The number of allylic oxidation sites excluding steroid dienone is 2. The molecule has 1 N–H and O–H groups in total. The third-order valence-corrected chi connectivity index (χ3v) is 4.35. The Morgan fingerprint density at radius 2 is 1.19 bits per heavy atom. The van der Waals surface area contributed by atoms with E-state index in [0.29, 0.717) is 6.04 Å². The fraction of sp³-hybridized carbons (Fsp3) is 0.900. The summed E-state index contributed by atoms with van der Waals surface area (Å²) in [7, 11) is 0. The smallest absolute Gasteiger partial charge is 0.0258 e. The summed E-state index contributed by atoms with van der Waals surface area (Å²) in [4.78, 5) is 0. The first-order chi connectivity index (χ1) is 9.68. The monoisotopic (exact) mass is 293 g/mol. The second-order valence-corrected chi connectivity index (χ2v) is 9.07. The highest BCUT2D eigenvalue weighted by Crippen LogP contribution is 2.29. The molecule has 1 saturated carbocycles. The molecule has 0 aromatic carbocycles. The van der Waals surface area contributed by atoms with E-state index in [-0.39, 0.29) is 10.8 Å². The molecule has 1 fully saturated rings. The lowest BCUT2D eigenvalue weighted by atomic mass is 9.84. The third kappa shape index (κ3) is 8.53. The van der Waals surface area contributed by atoms with Gasteiger partial charge in [-0.2, -0.15) is 0 Å². The van der Waals surface area contributed by atoms with Crippen molar-refractivity contribution in [1.82, 2.24) is 5.32 Å². The van der Waals surface area contributed by atoms with Gasteiger partial charge in [-0.1, -0.05) is 92.6 Å². The number of nitrogens with one attached hydrogen (secondary N) is 1.